The smallest absolute Gasteiger partial charge is 0.279 e. The van der Waals surface area contributed by atoms with Gasteiger partial charge in [-0.05, 0) is 36.1 Å². The average molecular weight is 309 g/mol. The molecule has 0 atom stereocenters. The molecule has 7 heteroatoms. The van der Waals surface area contributed by atoms with Crippen molar-refractivity contribution in [2.75, 3.05) is 11.0 Å². The maximum Gasteiger partial charge on any atom is 0.279 e. The predicted octanol–water partition coefficient (Wildman–Crippen LogP) is 2.06. The maximum atomic E-state index is 12.2. The van der Waals surface area contributed by atoms with Crippen LogP contribution in [0.2, 0.25) is 0 Å². The van der Waals surface area contributed by atoms with Crippen LogP contribution in [-0.4, -0.2) is 19.7 Å². The summed E-state index contributed by atoms with van der Waals surface area (Å²) >= 11 is 1.55. The second kappa shape index (κ2) is 6.25. The number of thioether (sulfide) groups is 1. The molecular formula is C13H15N3O2S2. The van der Waals surface area contributed by atoms with Gasteiger partial charge in [-0.25, -0.2) is 4.98 Å². The van der Waals surface area contributed by atoms with E-state index in [2.05, 4.69) is 9.71 Å². The number of sulfonamides is 1. The number of benzene rings is 1. The number of rotatable bonds is 5. The van der Waals surface area contributed by atoms with Crippen molar-refractivity contribution in [1.29, 1.82) is 0 Å². The van der Waals surface area contributed by atoms with Crippen LogP contribution in [0.1, 0.15) is 5.56 Å². The molecule has 0 saturated heterocycles. The Morgan fingerprint density at radius 2 is 2.10 bits per heavy atom. The number of hydrogen-bond acceptors (Lipinski definition) is 5. The highest BCUT2D eigenvalue weighted by Gasteiger charge is 2.15. The normalized spacial score (nSPS) is 11.3. The van der Waals surface area contributed by atoms with E-state index in [0.717, 1.165) is 10.5 Å². The third kappa shape index (κ3) is 3.50. The van der Waals surface area contributed by atoms with E-state index in [4.69, 9.17) is 5.73 Å². The second-order valence-corrected chi connectivity index (χ2v) is 6.56. The van der Waals surface area contributed by atoms with E-state index >= 15 is 0 Å². The van der Waals surface area contributed by atoms with Crippen molar-refractivity contribution in [2.45, 2.75) is 16.5 Å². The topological polar surface area (TPSA) is 85.1 Å². The SMILES string of the molecule is CSc1cccc(NS(=O)(=O)c2ccc(CN)cn2)c1. The zero-order chi connectivity index (χ0) is 14.6. The van der Waals surface area contributed by atoms with Crippen LogP contribution in [0.5, 0.6) is 0 Å². The van der Waals surface area contributed by atoms with Gasteiger partial charge >= 0.3 is 0 Å². The molecule has 1 aromatic carbocycles. The van der Waals surface area contributed by atoms with Crippen LogP contribution in [0.3, 0.4) is 0 Å². The molecule has 5 nitrogen and oxygen atoms in total. The summed E-state index contributed by atoms with van der Waals surface area (Å²) in [5.41, 5.74) is 6.76. The van der Waals surface area contributed by atoms with Crippen molar-refractivity contribution in [3.05, 3.63) is 48.2 Å². The number of pyridine rings is 1. The summed E-state index contributed by atoms with van der Waals surface area (Å²) in [7, 11) is -3.67. The van der Waals surface area contributed by atoms with Crippen molar-refractivity contribution in [3.8, 4) is 0 Å². The lowest BCUT2D eigenvalue weighted by Crippen LogP contribution is -2.14. The van der Waals surface area contributed by atoms with Gasteiger partial charge in [0.25, 0.3) is 10.0 Å². The quantitative estimate of drug-likeness (QED) is 0.826. The van der Waals surface area contributed by atoms with Crippen LogP contribution >= 0.6 is 11.8 Å². The number of hydrogen-bond donors (Lipinski definition) is 2. The molecule has 0 radical (unpaired) electrons. The van der Waals surface area contributed by atoms with Crippen LogP contribution in [-0.2, 0) is 16.6 Å². The highest BCUT2D eigenvalue weighted by molar-refractivity contribution is 7.98. The molecule has 20 heavy (non-hydrogen) atoms. The van der Waals surface area contributed by atoms with E-state index in [1.54, 1.807) is 36.0 Å². The summed E-state index contributed by atoms with van der Waals surface area (Å²) in [6.45, 7) is 0.330. The average Bonchev–Trinajstić information content (AvgIpc) is 2.47. The van der Waals surface area contributed by atoms with Gasteiger partial charge in [0.05, 0.1) is 0 Å². The minimum Gasteiger partial charge on any atom is -0.326 e. The Morgan fingerprint density at radius 1 is 1.30 bits per heavy atom. The molecular weight excluding hydrogens is 294 g/mol. The van der Waals surface area contributed by atoms with Crippen molar-refractivity contribution in [2.24, 2.45) is 5.73 Å². The van der Waals surface area contributed by atoms with Crippen molar-refractivity contribution < 1.29 is 8.42 Å². The molecule has 0 aliphatic rings. The fraction of sp³-hybridized carbons (Fsp3) is 0.154. The van der Waals surface area contributed by atoms with E-state index in [1.807, 2.05) is 12.3 Å². The lowest BCUT2D eigenvalue weighted by Gasteiger charge is -2.08. The molecule has 2 aromatic rings. The molecule has 0 amide bonds. The molecule has 0 aliphatic heterocycles. The number of aromatic nitrogens is 1. The third-order valence-corrected chi connectivity index (χ3v) is 4.65. The van der Waals surface area contributed by atoms with E-state index < -0.39 is 10.0 Å². The van der Waals surface area contributed by atoms with E-state index in [9.17, 15) is 8.42 Å². The minimum absolute atomic E-state index is 0.0238. The summed E-state index contributed by atoms with van der Waals surface area (Å²) in [6, 6.07) is 10.3. The fourth-order valence-electron chi connectivity index (χ4n) is 1.58. The molecule has 0 saturated carbocycles. The van der Waals surface area contributed by atoms with Crippen molar-refractivity contribution in [3.63, 3.8) is 0 Å². The lowest BCUT2D eigenvalue weighted by atomic mass is 10.3. The Kier molecular flexibility index (Phi) is 4.64. The number of nitrogens with zero attached hydrogens (tertiary/aromatic N) is 1. The standard InChI is InChI=1S/C13H15N3O2S2/c1-19-12-4-2-3-11(7-12)16-20(17,18)13-6-5-10(8-14)9-15-13/h2-7,9,16H,8,14H2,1H3. The largest absolute Gasteiger partial charge is 0.326 e. The van der Waals surface area contributed by atoms with Gasteiger partial charge in [0, 0.05) is 23.3 Å². The first-order valence-corrected chi connectivity index (χ1v) is 8.58. The fourth-order valence-corrected chi connectivity index (χ4v) is 3.02. The zero-order valence-electron chi connectivity index (χ0n) is 10.9. The second-order valence-electron chi connectivity index (χ2n) is 4.05. The lowest BCUT2D eigenvalue weighted by molar-refractivity contribution is 0.597. The van der Waals surface area contributed by atoms with Gasteiger partial charge in [0.15, 0.2) is 5.03 Å². The van der Waals surface area contributed by atoms with Crippen LogP contribution in [0.4, 0.5) is 5.69 Å². The van der Waals surface area contributed by atoms with Gasteiger partial charge in [-0.2, -0.15) is 8.42 Å². The van der Waals surface area contributed by atoms with Gasteiger partial charge in [0.1, 0.15) is 0 Å². The molecule has 0 aliphatic carbocycles. The Bertz CT molecular complexity index is 685. The molecule has 3 N–H and O–H groups in total. The number of anilines is 1. The molecule has 0 spiro atoms. The van der Waals surface area contributed by atoms with Crippen LogP contribution < -0.4 is 10.5 Å². The maximum absolute atomic E-state index is 12.2. The van der Waals surface area contributed by atoms with Gasteiger partial charge in [-0.15, -0.1) is 11.8 Å². The van der Waals surface area contributed by atoms with E-state index in [0.29, 0.717) is 12.2 Å². The summed E-state index contributed by atoms with van der Waals surface area (Å²) in [5.74, 6) is 0. The molecule has 0 fully saturated rings. The van der Waals surface area contributed by atoms with E-state index in [-0.39, 0.29) is 5.03 Å². The van der Waals surface area contributed by atoms with Gasteiger partial charge < -0.3 is 5.73 Å². The van der Waals surface area contributed by atoms with Crippen molar-refractivity contribution >= 4 is 27.5 Å². The van der Waals surface area contributed by atoms with Gasteiger partial charge in [0.2, 0.25) is 0 Å². The number of nitrogens with one attached hydrogen (secondary N) is 1. The summed E-state index contributed by atoms with van der Waals surface area (Å²) in [6.07, 6.45) is 3.40. The molecule has 1 heterocycles. The van der Waals surface area contributed by atoms with Crippen LogP contribution in [0, 0.1) is 0 Å². The Labute approximate surface area is 122 Å². The first kappa shape index (κ1) is 14.8. The molecule has 1 aromatic heterocycles. The van der Waals surface area contributed by atoms with E-state index in [1.165, 1.54) is 12.3 Å². The first-order chi connectivity index (χ1) is 9.55. The summed E-state index contributed by atoms with van der Waals surface area (Å²) < 4.78 is 26.9. The molecule has 0 bridgehead atoms. The third-order valence-electron chi connectivity index (χ3n) is 2.63. The first-order valence-electron chi connectivity index (χ1n) is 5.87. The highest BCUT2D eigenvalue weighted by Crippen LogP contribution is 2.21. The Morgan fingerprint density at radius 3 is 2.70 bits per heavy atom. The zero-order valence-corrected chi connectivity index (χ0v) is 12.5. The molecule has 106 valence electrons. The summed E-state index contributed by atoms with van der Waals surface area (Å²) in [5, 5.41) is -0.0238. The van der Waals surface area contributed by atoms with Gasteiger partial charge in [-0.1, -0.05) is 12.1 Å². The minimum atomic E-state index is -3.67. The van der Waals surface area contributed by atoms with Crippen molar-refractivity contribution in [1.82, 2.24) is 4.98 Å². The molecule has 0 unspecified atom stereocenters. The molecule has 2 rings (SSSR count). The Hall–Kier alpha value is -1.57. The van der Waals surface area contributed by atoms with Gasteiger partial charge in [-0.3, -0.25) is 4.72 Å². The highest BCUT2D eigenvalue weighted by atomic mass is 32.2. The monoisotopic (exact) mass is 309 g/mol. The predicted molar refractivity (Wildman–Crippen MR) is 81.2 cm³/mol. The Balaban J connectivity index is 2.25. The number of nitrogens with two attached hydrogens (primary N) is 1. The van der Waals surface area contributed by atoms with Crippen LogP contribution in [0.15, 0.2) is 52.5 Å². The van der Waals surface area contributed by atoms with Crippen LogP contribution in [0.25, 0.3) is 0 Å². The summed E-state index contributed by atoms with van der Waals surface area (Å²) in [4.78, 5) is 4.91.